The fraction of sp³-hybridized carbons (Fsp3) is 0.800. The molecule has 1 aliphatic heterocycles. The summed E-state index contributed by atoms with van der Waals surface area (Å²) in [5, 5.41) is 10.4. The number of aliphatic hydroxyl groups excluding tert-OH is 1. The van der Waals surface area contributed by atoms with Gasteiger partial charge in [0.1, 0.15) is 18.0 Å². The highest BCUT2D eigenvalue weighted by Crippen LogP contribution is 2.35. The van der Waals surface area contributed by atoms with E-state index in [-0.39, 0.29) is 48.7 Å². The van der Waals surface area contributed by atoms with E-state index in [4.69, 9.17) is 28.4 Å². The number of Topliss-reactive ketones (excluding diaryl/α,β-unsaturated/α-hetero) is 1. The SMILES string of the molecule is CCCCCCCCCCCCCCCCCCCCOc1cccc(C(=O)n2c(=O)c(C)cn([C@@H]3O[C@H](CO)C(OC(=O)CCC(C)=O)[C@@H]3OCCOC)c2=O)c1OCCCCCCCCCCCCCCCCCCCC. The Bertz CT molecular complexity index is 2030. The van der Waals surface area contributed by atoms with Gasteiger partial charge in [-0.05, 0) is 38.8 Å². The Balaban J connectivity index is 1.65. The Labute approximate surface area is 477 Å². The van der Waals surface area contributed by atoms with Crippen molar-refractivity contribution in [2.45, 2.75) is 296 Å². The second kappa shape index (κ2) is 44.8. The van der Waals surface area contributed by atoms with Crippen LogP contribution in [0.1, 0.15) is 287 Å². The molecular weight excluding hydrogens is 1000 g/mol. The van der Waals surface area contributed by atoms with Gasteiger partial charge in [-0.2, -0.15) is 4.57 Å². The Kier molecular flexibility index (Phi) is 39.3. The number of benzene rings is 1. The number of rotatable bonds is 51. The van der Waals surface area contributed by atoms with Crippen molar-refractivity contribution in [1.29, 1.82) is 0 Å². The largest absolute Gasteiger partial charge is 0.490 e. The minimum atomic E-state index is -1.34. The van der Waals surface area contributed by atoms with E-state index in [1.165, 1.54) is 219 Å². The lowest BCUT2D eigenvalue weighted by Crippen LogP contribution is -2.48. The van der Waals surface area contributed by atoms with Crippen LogP contribution in [0.15, 0.2) is 34.0 Å². The summed E-state index contributed by atoms with van der Waals surface area (Å²) in [4.78, 5) is 67.9. The molecule has 14 nitrogen and oxygen atoms in total. The van der Waals surface area contributed by atoms with E-state index in [1.54, 1.807) is 12.1 Å². The molecule has 452 valence electrons. The van der Waals surface area contributed by atoms with Gasteiger partial charge in [-0.25, -0.2) is 4.79 Å². The zero-order valence-electron chi connectivity index (χ0n) is 50.4. The number of esters is 1. The molecular formula is C65H110N2O12. The number of methoxy groups -OCH3 is 1. The molecule has 0 aliphatic carbocycles. The van der Waals surface area contributed by atoms with Gasteiger partial charge < -0.3 is 38.3 Å². The summed E-state index contributed by atoms with van der Waals surface area (Å²) in [7, 11) is 1.49. The summed E-state index contributed by atoms with van der Waals surface area (Å²) in [6.45, 7) is 7.66. The van der Waals surface area contributed by atoms with Crippen LogP contribution in [0.4, 0.5) is 0 Å². The van der Waals surface area contributed by atoms with Crippen molar-refractivity contribution in [3.05, 3.63) is 56.4 Å². The van der Waals surface area contributed by atoms with Gasteiger partial charge in [0, 0.05) is 25.3 Å². The Morgan fingerprint density at radius 2 is 1.01 bits per heavy atom. The van der Waals surface area contributed by atoms with Gasteiger partial charge in [0.2, 0.25) is 0 Å². The fourth-order valence-electron chi connectivity index (χ4n) is 10.6. The fourth-order valence-corrected chi connectivity index (χ4v) is 10.6. The standard InChI is InChI=1S/C65H110N2O12/c1-6-8-10-12-14-16-18-20-22-24-26-28-30-32-34-36-38-40-47-75-56-44-42-43-55(59(56)76-48-41-39-37-35-33-31-29-27-25-23-21-19-17-15-13-11-9-7-2)63(72)67-62(71)53(3)51-66(65(67)73)64-61(77-50-49-74-5)60(57(52-68)78-64)79-58(70)46-45-54(4)69/h42-44,51,57,60-61,64,68H,6-41,45-50,52H2,1-5H3/t57-,60?,61+,64-/m1/s1. The third kappa shape index (κ3) is 28.6. The second-order valence-corrected chi connectivity index (χ2v) is 22.5. The molecule has 14 heteroatoms. The summed E-state index contributed by atoms with van der Waals surface area (Å²) in [6.07, 6.45) is 42.0. The number of ketones is 1. The molecule has 1 aromatic carbocycles. The first-order valence-corrected chi connectivity index (χ1v) is 31.9. The molecule has 1 aliphatic rings. The summed E-state index contributed by atoms with van der Waals surface area (Å²) >= 11 is 0. The molecule has 1 saturated heterocycles. The third-order valence-electron chi connectivity index (χ3n) is 15.5. The van der Waals surface area contributed by atoms with Crippen LogP contribution in [0.5, 0.6) is 11.5 Å². The van der Waals surface area contributed by atoms with Gasteiger partial charge >= 0.3 is 11.7 Å². The maximum absolute atomic E-state index is 14.8. The van der Waals surface area contributed by atoms with Crippen molar-refractivity contribution < 1.29 is 47.9 Å². The molecule has 0 saturated carbocycles. The molecule has 2 heterocycles. The van der Waals surface area contributed by atoms with Crippen LogP contribution < -0.4 is 20.7 Å². The number of ether oxygens (including phenoxy) is 6. The smallest absolute Gasteiger partial charge is 0.340 e. The number of aryl methyl sites for hydroxylation is 1. The van der Waals surface area contributed by atoms with Gasteiger partial charge in [-0.1, -0.05) is 238 Å². The maximum Gasteiger partial charge on any atom is 0.340 e. The van der Waals surface area contributed by atoms with Crippen molar-refractivity contribution in [2.75, 3.05) is 40.1 Å². The van der Waals surface area contributed by atoms with Crippen LogP contribution in [0.3, 0.4) is 0 Å². The molecule has 0 amide bonds. The first kappa shape index (κ1) is 69.4. The van der Waals surface area contributed by atoms with E-state index >= 15 is 0 Å². The minimum Gasteiger partial charge on any atom is -0.490 e. The van der Waals surface area contributed by atoms with Gasteiger partial charge in [-0.3, -0.25) is 19.0 Å². The van der Waals surface area contributed by atoms with E-state index in [0.29, 0.717) is 23.5 Å². The predicted molar refractivity (Wildman–Crippen MR) is 317 cm³/mol. The van der Waals surface area contributed by atoms with Crippen LogP contribution >= 0.6 is 0 Å². The molecule has 2 aromatic rings. The van der Waals surface area contributed by atoms with Crippen LogP contribution in [0, 0.1) is 6.92 Å². The van der Waals surface area contributed by atoms with Crippen molar-refractivity contribution in [3.63, 3.8) is 0 Å². The molecule has 4 atom stereocenters. The highest BCUT2D eigenvalue weighted by Gasteiger charge is 2.49. The monoisotopic (exact) mass is 1110 g/mol. The highest BCUT2D eigenvalue weighted by molar-refractivity contribution is 5.99. The molecule has 0 radical (unpaired) electrons. The lowest BCUT2D eigenvalue weighted by molar-refractivity contribution is -0.159. The molecule has 0 bridgehead atoms. The molecule has 1 aromatic heterocycles. The zero-order chi connectivity index (χ0) is 57.1. The van der Waals surface area contributed by atoms with E-state index in [2.05, 4.69) is 13.8 Å². The summed E-state index contributed by atoms with van der Waals surface area (Å²) < 4.78 is 37.6. The van der Waals surface area contributed by atoms with Crippen LogP contribution in [-0.2, 0) is 28.5 Å². The number of aromatic nitrogens is 2. The lowest BCUT2D eigenvalue weighted by Gasteiger charge is -2.25. The van der Waals surface area contributed by atoms with Gasteiger partial charge in [0.15, 0.2) is 23.8 Å². The van der Waals surface area contributed by atoms with Gasteiger partial charge in [0.05, 0.1) is 45.0 Å². The Morgan fingerprint density at radius 1 is 0.570 bits per heavy atom. The normalized spacial score (nSPS) is 16.2. The van der Waals surface area contributed by atoms with Crippen LogP contribution in [0.25, 0.3) is 0 Å². The van der Waals surface area contributed by atoms with Gasteiger partial charge in [0.25, 0.3) is 11.5 Å². The molecule has 1 fully saturated rings. The number of para-hydroxylation sites is 1. The first-order valence-electron chi connectivity index (χ1n) is 31.9. The third-order valence-corrected chi connectivity index (χ3v) is 15.5. The average molecular weight is 1110 g/mol. The highest BCUT2D eigenvalue weighted by atomic mass is 16.6. The molecule has 0 spiro atoms. The zero-order valence-corrected chi connectivity index (χ0v) is 50.4. The van der Waals surface area contributed by atoms with Crippen molar-refractivity contribution in [2.24, 2.45) is 0 Å². The lowest BCUT2D eigenvalue weighted by atomic mass is 10.0. The number of carbonyl (C=O) groups excluding carboxylic acids is 3. The topological polar surface area (TPSA) is 171 Å². The predicted octanol–water partition coefficient (Wildman–Crippen LogP) is 15.1. The molecule has 1 N–H and O–H groups in total. The second-order valence-electron chi connectivity index (χ2n) is 22.5. The molecule has 79 heavy (non-hydrogen) atoms. The number of carbonyl (C=O) groups is 3. The van der Waals surface area contributed by atoms with E-state index < -0.39 is 54.3 Å². The first-order chi connectivity index (χ1) is 38.6. The average Bonchev–Trinajstić information content (AvgIpc) is 3.85. The Hall–Kier alpha value is -3.85. The number of nitrogens with zero attached hydrogens (tertiary/aromatic N) is 2. The number of unbranched alkanes of at least 4 members (excludes halogenated alkanes) is 34. The number of hydrogen-bond donors (Lipinski definition) is 1. The summed E-state index contributed by atoms with van der Waals surface area (Å²) in [5.74, 6) is -1.27. The van der Waals surface area contributed by atoms with E-state index in [1.807, 2.05) is 0 Å². The van der Waals surface area contributed by atoms with E-state index in [0.717, 1.165) is 49.5 Å². The minimum absolute atomic E-state index is 0.000175. The molecule has 3 rings (SSSR count). The van der Waals surface area contributed by atoms with Gasteiger partial charge in [-0.15, -0.1) is 0 Å². The van der Waals surface area contributed by atoms with Crippen molar-refractivity contribution in [1.82, 2.24) is 9.13 Å². The van der Waals surface area contributed by atoms with Crippen molar-refractivity contribution in [3.8, 4) is 11.5 Å². The quantitative estimate of drug-likeness (QED) is 0.0492. The summed E-state index contributed by atoms with van der Waals surface area (Å²) in [6, 6.07) is 4.96. The molecule has 1 unspecified atom stereocenters. The summed E-state index contributed by atoms with van der Waals surface area (Å²) in [5.41, 5.74) is -1.80. The number of aliphatic hydroxyl groups is 1. The van der Waals surface area contributed by atoms with Crippen molar-refractivity contribution >= 4 is 17.7 Å². The maximum atomic E-state index is 14.8. The van der Waals surface area contributed by atoms with Crippen LogP contribution in [-0.4, -0.2) is 90.4 Å². The van der Waals surface area contributed by atoms with E-state index in [9.17, 15) is 29.1 Å². The Morgan fingerprint density at radius 3 is 1.44 bits per heavy atom. The van der Waals surface area contributed by atoms with Crippen LogP contribution in [0.2, 0.25) is 0 Å². The number of hydrogen-bond acceptors (Lipinski definition) is 12.